The number of nitrogens with one attached hydrogen (secondary N) is 1. The largest absolute Gasteiger partial charge is 0.444 e. The van der Waals surface area contributed by atoms with Crippen molar-refractivity contribution in [1.82, 2.24) is 15.2 Å². The Bertz CT molecular complexity index is 1020. The smallest absolute Gasteiger partial charge is 0.411 e. The number of carbonyl (C=O) groups is 3. The van der Waals surface area contributed by atoms with Gasteiger partial charge in [-0.3, -0.25) is 14.5 Å². The third kappa shape index (κ3) is 7.03. The summed E-state index contributed by atoms with van der Waals surface area (Å²) in [5.74, 6) is -0.169. The number of pyridine rings is 1. The number of halogens is 1. The average molecular weight is 563 g/mol. The zero-order chi connectivity index (χ0) is 26.5. The van der Waals surface area contributed by atoms with Gasteiger partial charge < -0.3 is 14.8 Å². The van der Waals surface area contributed by atoms with E-state index in [1.165, 1.54) is 0 Å². The molecule has 2 heterocycles. The number of likely N-dealkylation sites (tertiary alicyclic amines) is 1. The van der Waals surface area contributed by atoms with Crippen molar-refractivity contribution in [2.75, 3.05) is 13.2 Å². The molecule has 2 unspecified atom stereocenters. The van der Waals surface area contributed by atoms with Gasteiger partial charge in [0.05, 0.1) is 31.4 Å². The molecule has 2 fully saturated rings. The number of Topliss-reactive ketones (excluding diaryl/α,β-unsaturated/α-hetero) is 1. The normalized spacial score (nSPS) is 22.5. The van der Waals surface area contributed by atoms with E-state index in [9.17, 15) is 14.4 Å². The minimum Gasteiger partial charge on any atom is -0.444 e. The summed E-state index contributed by atoms with van der Waals surface area (Å²) in [5.41, 5.74) is 0.409. The first-order chi connectivity index (χ1) is 17.0. The first-order valence-corrected chi connectivity index (χ1v) is 13.0. The summed E-state index contributed by atoms with van der Waals surface area (Å²) in [6, 6.07) is 2.89. The van der Waals surface area contributed by atoms with Crippen LogP contribution in [0.2, 0.25) is 0 Å². The molecule has 0 spiro atoms. The number of ether oxygens (including phenoxy) is 2. The topological polar surface area (TPSA) is 97.8 Å². The number of ketones is 1. The highest BCUT2D eigenvalue weighted by Crippen LogP contribution is 2.59. The van der Waals surface area contributed by atoms with Crippen LogP contribution in [0.1, 0.15) is 57.7 Å². The summed E-state index contributed by atoms with van der Waals surface area (Å²) in [5, 5.41) is 2.98. The first-order valence-electron chi connectivity index (χ1n) is 12.2. The Kier molecular flexibility index (Phi) is 9.11. The standard InChI is InChI=1S/C27H36BrN3O5/c1-6-8-9-24(33)29-17-27-14-20(31(22(27)15-27)25(34)36-26(3,4)5)21(32)13-19-18(16-35-12-7-2)10-11-23(28)30-19/h6-7,10-11,20,22H,1-2,8-9,12-17H2,3-5H3,(H,29,33)/t20-,22?,27?/m0/s1. The summed E-state index contributed by atoms with van der Waals surface area (Å²) in [4.78, 5) is 45.1. The zero-order valence-electron chi connectivity index (χ0n) is 21.3. The molecule has 0 bridgehead atoms. The van der Waals surface area contributed by atoms with Crippen LogP contribution >= 0.6 is 15.9 Å². The highest BCUT2D eigenvalue weighted by molar-refractivity contribution is 9.10. The maximum absolute atomic E-state index is 13.6. The van der Waals surface area contributed by atoms with Crippen molar-refractivity contribution < 1.29 is 23.9 Å². The molecule has 36 heavy (non-hydrogen) atoms. The molecular weight excluding hydrogens is 526 g/mol. The number of nitrogens with zero attached hydrogens (tertiary/aromatic N) is 2. The van der Waals surface area contributed by atoms with Crippen LogP contribution in [0.3, 0.4) is 0 Å². The molecule has 8 nitrogen and oxygen atoms in total. The van der Waals surface area contributed by atoms with E-state index in [-0.39, 0.29) is 29.6 Å². The second-order valence-corrected chi connectivity index (χ2v) is 11.3. The van der Waals surface area contributed by atoms with E-state index in [0.717, 1.165) is 12.0 Å². The lowest BCUT2D eigenvalue weighted by Crippen LogP contribution is -2.46. The number of aromatic nitrogens is 1. The van der Waals surface area contributed by atoms with E-state index in [4.69, 9.17) is 9.47 Å². The van der Waals surface area contributed by atoms with Gasteiger partial charge in [-0.2, -0.15) is 0 Å². The third-order valence-corrected chi connectivity index (χ3v) is 6.92. The summed E-state index contributed by atoms with van der Waals surface area (Å²) in [6.45, 7) is 13.8. The van der Waals surface area contributed by atoms with Crippen LogP contribution in [0.4, 0.5) is 4.79 Å². The van der Waals surface area contributed by atoms with Gasteiger partial charge >= 0.3 is 6.09 Å². The molecule has 1 aromatic heterocycles. The molecule has 3 atom stereocenters. The fourth-order valence-corrected chi connectivity index (χ4v) is 5.01. The van der Waals surface area contributed by atoms with E-state index in [1.807, 2.05) is 12.1 Å². The quantitative estimate of drug-likeness (QED) is 0.229. The number of amides is 2. The monoisotopic (exact) mass is 561 g/mol. The minimum absolute atomic E-state index is 0.0592. The van der Waals surface area contributed by atoms with Crippen molar-refractivity contribution >= 4 is 33.7 Å². The third-order valence-electron chi connectivity index (χ3n) is 6.48. The Morgan fingerprint density at radius 2 is 2.00 bits per heavy atom. The predicted molar refractivity (Wildman–Crippen MR) is 140 cm³/mol. The lowest BCUT2D eigenvalue weighted by atomic mass is 9.94. The van der Waals surface area contributed by atoms with Gasteiger partial charge in [0.2, 0.25) is 5.91 Å². The van der Waals surface area contributed by atoms with Crippen LogP contribution in [0.25, 0.3) is 0 Å². The average Bonchev–Trinajstić information content (AvgIpc) is 3.40. The second kappa shape index (κ2) is 11.7. The van der Waals surface area contributed by atoms with Gasteiger partial charge in [0.15, 0.2) is 5.78 Å². The van der Waals surface area contributed by atoms with Crippen LogP contribution in [-0.4, -0.2) is 58.5 Å². The fourth-order valence-electron chi connectivity index (χ4n) is 4.66. The van der Waals surface area contributed by atoms with Crippen LogP contribution in [0.15, 0.2) is 42.0 Å². The Hall–Kier alpha value is -2.52. The van der Waals surface area contributed by atoms with Crippen molar-refractivity contribution in [1.29, 1.82) is 0 Å². The van der Waals surface area contributed by atoms with E-state index in [0.29, 0.717) is 49.3 Å². The fraction of sp³-hybridized carbons (Fsp3) is 0.556. The number of hydrogen-bond acceptors (Lipinski definition) is 6. The van der Waals surface area contributed by atoms with Crippen LogP contribution in [0.5, 0.6) is 0 Å². The number of rotatable bonds is 12. The molecule has 0 radical (unpaired) electrons. The second-order valence-electron chi connectivity index (χ2n) is 10.5. The van der Waals surface area contributed by atoms with E-state index in [1.54, 1.807) is 37.8 Å². The van der Waals surface area contributed by atoms with Gasteiger partial charge in [-0.15, -0.1) is 13.2 Å². The van der Waals surface area contributed by atoms with Crippen LogP contribution in [0, 0.1) is 5.41 Å². The molecule has 1 saturated carbocycles. The Morgan fingerprint density at radius 3 is 2.67 bits per heavy atom. The van der Waals surface area contributed by atoms with Gasteiger partial charge in [-0.05, 0) is 67.6 Å². The van der Waals surface area contributed by atoms with Gasteiger partial charge in [-0.25, -0.2) is 9.78 Å². The molecule has 1 saturated heterocycles. The highest BCUT2D eigenvalue weighted by Gasteiger charge is 2.67. The van der Waals surface area contributed by atoms with Crippen molar-refractivity contribution in [2.45, 2.75) is 77.2 Å². The molecule has 9 heteroatoms. The number of hydrogen-bond donors (Lipinski definition) is 1. The number of piperidine rings is 1. The SMILES string of the molecule is C=CCCC(=O)NCC12CC1N(C(=O)OC(C)(C)C)[C@H](C(=O)Cc1nc(Br)ccc1COCC=C)C2. The molecule has 1 aliphatic heterocycles. The molecule has 2 amide bonds. The van der Waals surface area contributed by atoms with Gasteiger partial charge in [-0.1, -0.05) is 18.2 Å². The number of fused-ring (bicyclic) bond motifs is 1. The van der Waals surface area contributed by atoms with Crippen LogP contribution in [-0.2, 0) is 32.1 Å². The summed E-state index contributed by atoms with van der Waals surface area (Å²) < 4.78 is 11.9. The summed E-state index contributed by atoms with van der Waals surface area (Å²) in [7, 11) is 0. The Balaban J connectivity index is 1.78. The van der Waals surface area contributed by atoms with Gasteiger partial charge in [0.25, 0.3) is 0 Å². The molecule has 196 valence electrons. The molecule has 1 N–H and O–H groups in total. The minimum atomic E-state index is -0.689. The van der Waals surface area contributed by atoms with Crippen molar-refractivity contribution in [3.63, 3.8) is 0 Å². The molecule has 1 aliphatic carbocycles. The molecular formula is C27H36BrN3O5. The first kappa shape index (κ1) is 28.1. The van der Waals surface area contributed by atoms with E-state index < -0.39 is 17.7 Å². The van der Waals surface area contributed by atoms with Crippen molar-refractivity contribution in [3.05, 3.63) is 53.3 Å². The lowest BCUT2D eigenvalue weighted by molar-refractivity contribution is -0.123. The zero-order valence-corrected chi connectivity index (χ0v) is 22.9. The molecule has 1 aromatic rings. The molecule has 0 aromatic carbocycles. The Labute approximate surface area is 221 Å². The molecule has 3 rings (SSSR count). The summed E-state index contributed by atoms with van der Waals surface area (Å²) >= 11 is 3.39. The van der Waals surface area contributed by atoms with Crippen LogP contribution < -0.4 is 5.32 Å². The predicted octanol–water partition coefficient (Wildman–Crippen LogP) is 4.51. The van der Waals surface area contributed by atoms with E-state index >= 15 is 0 Å². The highest BCUT2D eigenvalue weighted by atomic mass is 79.9. The van der Waals surface area contributed by atoms with Crippen molar-refractivity contribution in [2.24, 2.45) is 5.41 Å². The number of carbonyl (C=O) groups excluding carboxylic acids is 3. The number of allylic oxidation sites excluding steroid dienone is 1. The van der Waals surface area contributed by atoms with Gasteiger partial charge in [0, 0.05) is 24.4 Å². The van der Waals surface area contributed by atoms with E-state index in [2.05, 4.69) is 39.4 Å². The maximum Gasteiger partial charge on any atom is 0.411 e. The van der Waals surface area contributed by atoms with Crippen molar-refractivity contribution in [3.8, 4) is 0 Å². The summed E-state index contributed by atoms with van der Waals surface area (Å²) in [6.07, 6.45) is 5.11. The maximum atomic E-state index is 13.6. The van der Waals surface area contributed by atoms with Gasteiger partial charge in [0.1, 0.15) is 10.2 Å². The Morgan fingerprint density at radius 1 is 1.25 bits per heavy atom. The lowest BCUT2D eigenvalue weighted by Gasteiger charge is -2.30. The molecule has 2 aliphatic rings.